The zero-order chi connectivity index (χ0) is 13.8. The van der Waals surface area contributed by atoms with E-state index in [1.807, 2.05) is 24.3 Å². The highest BCUT2D eigenvalue weighted by molar-refractivity contribution is 9.10. The highest BCUT2D eigenvalue weighted by Gasteiger charge is 2.28. The number of benzene rings is 1. The molecule has 3 N–H and O–H groups in total. The maximum atomic E-state index is 11.9. The van der Waals surface area contributed by atoms with E-state index in [0.717, 1.165) is 4.47 Å². The summed E-state index contributed by atoms with van der Waals surface area (Å²) in [6.07, 6.45) is 1.84. The van der Waals surface area contributed by atoms with E-state index in [1.54, 1.807) is 6.92 Å². The minimum absolute atomic E-state index is 0. The maximum Gasteiger partial charge on any atom is 0.260 e. The van der Waals surface area contributed by atoms with Gasteiger partial charge in [-0.2, -0.15) is 0 Å². The molecule has 4 nitrogen and oxygen atoms in total. The molecule has 0 radical (unpaired) electrons. The van der Waals surface area contributed by atoms with Crippen LogP contribution in [0.1, 0.15) is 19.8 Å². The van der Waals surface area contributed by atoms with Crippen LogP contribution in [-0.2, 0) is 4.79 Å². The Labute approximate surface area is 134 Å². The van der Waals surface area contributed by atoms with Gasteiger partial charge in [-0.05, 0) is 43.9 Å². The van der Waals surface area contributed by atoms with Crippen molar-refractivity contribution in [1.29, 1.82) is 0 Å². The molecule has 0 spiro atoms. The number of hydrogen-bond donors (Lipinski definition) is 2. The Morgan fingerprint density at radius 1 is 1.55 bits per heavy atom. The van der Waals surface area contributed by atoms with Crippen molar-refractivity contribution >= 4 is 34.2 Å². The molecule has 2 unspecified atom stereocenters. The van der Waals surface area contributed by atoms with E-state index in [4.69, 9.17) is 10.5 Å². The molecule has 1 fully saturated rings. The Kier molecular flexibility index (Phi) is 6.79. The highest BCUT2D eigenvalue weighted by Crippen LogP contribution is 2.31. The Balaban J connectivity index is 0.00000200. The van der Waals surface area contributed by atoms with E-state index in [2.05, 4.69) is 21.2 Å². The lowest BCUT2D eigenvalue weighted by molar-refractivity contribution is -0.127. The molecular formula is C14H20BrClN2O2. The van der Waals surface area contributed by atoms with Crippen molar-refractivity contribution in [2.24, 2.45) is 11.7 Å². The van der Waals surface area contributed by atoms with Gasteiger partial charge in [0.15, 0.2) is 6.10 Å². The number of nitrogens with two attached hydrogens (primary N) is 1. The summed E-state index contributed by atoms with van der Waals surface area (Å²) >= 11 is 3.36. The van der Waals surface area contributed by atoms with E-state index in [0.29, 0.717) is 18.2 Å². The molecule has 0 saturated heterocycles. The second kappa shape index (κ2) is 7.86. The van der Waals surface area contributed by atoms with Crippen molar-refractivity contribution < 1.29 is 9.53 Å². The van der Waals surface area contributed by atoms with Gasteiger partial charge in [-0.15, -0.1) is 12.4 Å². The fraction of sp³-hybridized carbons (Fsp3) is 0.500. The quantitative estimate of drug-likeness (QED) is 0.816. The fourth-order valence-corrected chi connectivity index (χ4v) is 2.23. The average Bonchev–Trinajstić information content (AvgIpc) is 3.19. The molecule has 0 aliphatic heterocycles. The Morgan fingerprint density at radius 3 is 2.85 bits per heavy atom. The second-order valence-electron chi connectivity index (χ2n) is 4.96. The normalized spacial score (nSPS) is 16.8. The predicted octanol–water partition coefficient (Wildman–Crippen LogP) is 2.49. The molecule has 1 amide bonds. The van der Waals surface area contributed by atoms with Gasteiger partial charge in [-0.25, -0.2) is 0 Å². The summed E-state index contributed by atoms with van der Waals surface area (Å²) in [6.45, 7) is 2.26. The van der Waals surface area contributed by atoms with Gasteiger partial charge >= 0.3 is 0 Å². The van der Waals surface area contributed by atoms with Gasteiger partial charge in [0.1, 0.15) is 5.75 Å². The molecule has 0 aromatic heterocycles. The molecule has 1 saturated carbocycles. The van der Waals surface area contributed by atoms with E-state index < -0.39 is 6.10 Å². The number of rotatable bonds is 6. The fourth-order valence-electron chi connectivity index (χ4n) is 1.85. The lowest BCUT2D eigenvalue weighted by Gasteiger charge is -2.17. The first-order valence-corrected chi connectivity index (χ1v) is 7.31. The number of nitrogens with one attached hydrogen (secondary N) is 1. The Bertz CT molecular complexity index is 455. The monoisotopic (exact) mass is 362 g/mol. The third kappa shape index (κ3) is 5.31. The Hall–Kier alpha value is -0.780. The Morgan fingerprint density at radius 2 is 2.25 bits per heavy atom. The van der Waals surface area contributed by atoms with Crippen LogP contribution in [0.25, 0.3) is 0 Å². The number of carbonyl (C=O) groups excluding carboxylic acids is 1. The summed E-state index contributed by atoms with van der Waals surface area (Å²) in [6, 6.07) is 7.51. The SMILES string of the molecule is CC(Oc1cccc(Br)c1)C(=O)NCC(N)C1CC1.Cl. The first kappa shape index (κ1) is 17.3. The molecule has 0 heterocycles. The van der Waals surface area contributed by atoms with Gasteiger partial charge in [0.2, 0.25) is 0 Å². The molecule has 2 atom stereocenters. The van der Waals surface area contributed by atoms with E-state index >= 15 is 0 Å². The van der Waals surface area contributed by atoms with Gasteiger partial charge in [-0.1, -0.05) is 22.0 Å². The van der Waals surface area contributed by atoms with Crippen molar-refractivity contribution in [3.05, 3.63) is 28.7 Å². The van der Waals surface area contributed by atoms with Gasteiger partial charge in [0, 0.05) is 17.1 Å². The van der Waals surface area contributed by atoms with Crippen LogP contribution in [0.15, 0.2) is 28.7 Å². The maximum absolute atomic E-state index is 11.9. The van der Waals surface area contributed by atoms with Crippen LogP contribution in [-0.4, -0.2) is 24.6 Å². The van der Waals surface area contributed by atoms with Crippen molar-refractivity contribution in [1.82, 2.24) is 5.32 Å². The first-order valence-electron chi connectivity index (χ1n) is 6.52. The van der Waals surface area contributed by atoms with E-state index in [9.17, 15) is 4.79 Å². The molecule has 6 heteroatoms. The summed E-state index contributed by atoms with van der Waals surface area (Å²) in [5, 5.41) is 2.84. The third-order valence-corrected chi connectivity index (χ3v) is 3.71. The van der Waals surface area contributed by atoms with Crippen LogP contribution in [0.2, 0.25) is 0 Å². The van der Waals surface area contributed by atoms with Crippen molar-refractivity contribution in [3.63, 3.8) is 0 Å². The van der Waals surface area contributed by atoms with Gasteiger partial charge in [0.25, 0.3) is 5.91 Å². The van der Waals surface area contributed by atoms with Crippen LogP contribution in [0.3, 0.4) is 0 Å². The highest BCUT2D eigenvalue weighted by atomic mass is 79.9. The molecule has 0 bridgehead atoms. The van der Waals surface area contributed by atoms with Gasteiger partial charge < -0.3 is 15.8 Å². The van der Waals surface area contributed by atoms with Crippen LogP contribution < -0.4 is 15.8 Å². The second-order valence-corrected chi connectivity index (χ2v) is 5.88. The lowest BCUT2D eigenvalue weighted by Crippen LogP contribution is -2.43. The van der Waals surface area contributed by atoms with Gasteiger partial charge in [-0.3, -0.25) is 4.79 Å². The minimum Gasteiger partial charge on any atom is -0.481 e. The summed E-state index contributed by atoms with van der Waals surface area (Å²) in [7, 11) is 0. The van der Waals surface area contributed by atoms with Crippen LogP contribution in [0, 0.1) is 5.92 Å². The van der Waals surface area contributed by atoms with E-state index in [1.165, 1.54) is 12.8 Å². The summed E-state index contributed by atoms with van der Waals surface area (Å²) in [4.78, 5) is 11.9. The molecular weight excluding hydrogens is 344 g/mol. The number of amides is 1. The molecule has 1 aromatic carbocycles. The number of halogens is 2. The lowest BCUT2D eigenvalue weighted by atomic mass is 10.2. The smallest absolute Gasteiger partial charge is 0.260 e. The third-order valence-electron chi connectivity index (χ3n) is 3.22. The summed E-state index contributed by atoms with van der Waals surface area (Å²) in [5.41, 5.74) is 5.94. The number of ether oxygens (including phenoxy) is 1. The van der Waals surface area contributed by atoms with Crippen LogP contribution in [0.4, 0.5) is 0 Å². The van der Waals surface area contributed by atoms with Crippen molar-refractivity contribution in [2.45, 2.75) is 31.9 Å². The van der Waals surface area contributed by atoms with Gasteiger partial charge in [0.05, 0.1) is 0 Å². The molecule has 1 aliphatic carbocycles. The van der Waals surface area contributed by atoms with Crippen LogP contribution in [0.5, 0.6) is 5.75 Å². The number of carbonyl (C=O) groups is 1. The molecule has 1 aliphatic rings. The zero-order valence-corrected chi connectivity index (χ0v) is 13.7. The predicted molar refractivity (Wildman–Crippen MR) is 85.2 cm³/mol. The number of hydrogen-bond acceptors (Lipinski definition) is 3. The van der Waals surface area contributed by atoms with Crippen molar-refractivity contribution in [3.8, 4) is 5.75 Å². The standard InChI is InChI=1S/C14H19BrN2O2.ClH/c1-9(19-12-4-2-3-11(15)7-12)14(18)17-8-13(16)10-5-6-10;/h2-4,7,9-10,13H,5-6,8,16H2,1H3,(H,17,18);1H. The molecule has 2 rings (SSSR count). The molecule has 112 valence electrons. The molecule has 20 heavy (non-hydrogen) atoms. The minimum atomic E-state index is -0.527. The zero-order valence-electron chi connectivity index (χ0n) is 11.3. The summed E-state index contributed by atoms with van der Waals surface area (Å²) < 4.78 is 6.51. The first-order chi connectivity index (χ1) is 9.06. The topological polar surface area (TPSA) is 64.3 Å². The van der Waals surface area contributed by atoms with Crippen molar-refractivity contribution in [2.75, 3.05) is 6.54 Å². The average molecular weight is 364 g/mol. The van der Waals surface area contributed by atoms with Crippen LogP contribution >= 0.6 is 28.3 Å². The molecule has 1 aromatic rings. The largest absolute Gasteiger partial charge is 0.481 e. The van der Waals surface area contributed by atoms with E-state index in [-0.39, 0.29) is 24.4 Å². The summed E-state index contributed by atoms with van der Waals surface area (Å²) in [5.74, 6) is 1.13.